The van der Waals surface area contributed by atoms with E-state index in [1.54, 1.807) is 4.90 Å². The van der Waals surface area contributed by atoms with Crippen LogP contribution in [0.25, 0.3) is 0 Å². The first-order valence-electron chi connectivity index (χ1n) is 10.9. The summed E-state index contributed by atoms with van der Waals surface area (Å²) in [6.45, 7) is 7.19. The summed E-state index contributed by atoms with van der Waals surface area (Å²) in [6.07, 6.45) is 4.34. The molecule has 0 spiro atoms. The number of urea groups is 1. The molecule has 0 radical (unpaired) electrons. The van der Waals surface area contributed by atoms with Gasteiger partial charge in [-0.1, -0.05) is 30.3 Å². The van der Waals surface area contributed by atoms with Crippen molar-refractivity contribution < 1.29 is 14.3 Å². The second-order valence-corrected chi connectivity index (χ2v) is 9.33. The van der Waals surface area contributed by atoms with Gasteiger partial charge in [-0.25, -0.2) is 9.59 Å². The van der Waals surface area contributed by atoms with E-state index in [1.807, 2.05) is 49.8 Å². The lowest BCUT2D eigenvalue weighted by Crippen LogP contribution is -2.63. The van der Waals surface area contributed by atoms with Crippen LogP contribution in [-0.2, 0) is 17.7 Å². The van der Waals surface area contributed by atoms with Crippen molar-refractivity contribution >= 4 is 12.1 Å². The number of aromatic nitrogens is 2. The minimum atomic E-state index is -0.533. The maximum Gasteiger partial charge on any atom is 0.407 e. The summed E-state index contributed by atoms with van der Waals surface area (Å²) in [5, 5.41) is 10.6. The fraction of sp³-hybridized carbons (Fsp3) is 0.522. The Hall–Kier alpha value is -3.03. The van der Waals surface area contributed by atoms with Crippen molar-refractivity contribution in [3.8, 4) is 0 Å². The monoisotopic (exact) mass is 425 g/mol. The average molecular weight is 426 g/mol. The predicted octanol–water partition coefficient (Wildman–Crippen LogP) is 3.23. The summed E-state index contributed by atoms with van der Waals surface area (Å²) >= 11 is 0. The second kappa shape index (κ2) is 8.61. The van der Waals surface area contributed by atoms with E-state index >= 15 is 0 Å². The largest absolute Gasteiger partial charge is 0.444 e. The first-order chi connectivity index (χ1) is 14.8. The average Bonchev–Trinajstić information content (AvgIpc) is 3.07. The molecule has 1 atom stereocenters. The number of carbonyl (C=O) groups excluding carboxylic acids is 2. The van der Waals surface area contributed by atoms with Crippen LogP contribution in [-0.4, -0.2) is 51.5 Å². The van der Waals surface area contributed by atoms with Gasteiger partial charge in [0.15, 0.2) is 0 Å². The third kappa shape index (κ3) is 5.18. The highest BCUT2D eigenvalue weighted by molar-refractivity contribution is 5.76. The second-order valence-electron chi connectivity index (χ2n) is 9.33. The molecule has 1 aliphatic carbocycles. The molecule has 0 saturated carbocycles. The van der Waals surface area contributed by atoms with Crippen molar-refractivity contribution in [1.29, 1.82) is 0 Å². The van der Waals surface area contributed by atoms with Crippen molar-refractivity contribution in [2.75, 3.05) is 13.1 Å². The molecule has 2 aliphatic rings. The molecule has 8 nitrogen and oxygen atoms in total. The van der Waals surface area contributed by atoms with Crippen molar-refractivity contribution in [1.82, 2.24) is 25.3 Å². The standard InChI is InChI=1S/C23H31N5O3/c1-23(2,3)31-22(30)25-17-14-27(15-17)21(29)26-19-10-7-11-20-18(19)12-24-28(20)13-16-8-5-4-6-9-16/h4-6,8-9,12,17,19H,7,10-11,13-15H2,1-3H3,(H,25,30)(H,26,29). The zero-order chi connectivity index (χ0) is 22.0. The minimum Gasteiger partial charge on any atom is -0.444 e. The maximum absolute atomic E-state index is 12.7. The van der Waals surface area contributed by atoms with E-state index in [4.69, 9.17) is 4.74 Å². The molecule has 2 aromatic rings. The molecular formula is C23H31N5O3. The van der Waals surface area contributed by atoms with Crippen LogP contribution in [0.1, 0.15) is 56.5 Å². The Labute approximate surface area is 182 Å². The highest BCUT2D eigenvalue weighted by Crippen LogP contribution is 2.30. The zero-order valence-electron chi connectivity index (χ0n) is 18.4. The molecule has 166 valence electrons. The molecule has 31 heavy (non-hydrogen) atoms. The number of fused-ring (bicyclic) bond motifs is 1. The number of likely N-dealkylation sites (tertiary alicyclic amines) is 1. The quantitative estimate of drug-likeness (QED) is 0.787. The van der Waals surface area contributed by atoms with E-state index in [-0.39, 0.29) is 18.1 Å². The molecule has 1 saturated heterocycles. The molecule has 1 aromatic carbocycles. The summed E-state index contributed by atoms with van der Waals surface area (Å²) in [6, 6.07) is 10.1. The number of hydrogen-bond acceptors (Lipinski definition) is 4. The SMILES string of the molecule is CC(C)(C)OC(=O)NC1CN(C(=O)NC2CCCc3c2cnn3Cc2ccccc2)C1. The lowest BCUT2D eigenvalue weighted by atomic mass is 9.93. The Balaban J connectivity index is 1.30. The summed E-state index contributed by atoms with van der Waals surface area (Å²) < 4.78 is 7.32. The van der Waals surface area contributed by atoms with Gasteiger partial charge in [-0.05, 0) is 45.6 Å². The van der Waals surface area contributed by atoms with Crippen LogP contribution in [0.4, 0.5) is 9.59 Å². The Bertz CT molecular complexity index is 928. The third-order valence-corrected chi connectivity index (χ3v) is 5.63. The number of benzene rings is 1. The summed E-state index contributed by atoms with van der Waals surface area (Å²) in [7, 11) is 0. The van der Waals surface area contributed by atoms with Crippen LogP contribution in [0.5, 0.6) is 0 Å². The van der Waals surface area contributed by atoms with Gasteiger partial charge in [0.2, 0.25) is 0 Å². The van der Waals surface area contributed by atoms with Gasteiger partial charge in [0.1, 0.15) is 5.60 Å². The van der Waals surface area contributed by atoms with Crippen LogP contribution in [0.3, 0.4) is 0 Å². The van der Waals surface area contributed by atoms with Crippen molar-refractivity contribution in [3.63, 3.8) is 0 Å². The normalized spacial score (nSPS) is 18.7. The number of hydrogen-bond donors (Lipinski definition) is 2. The van der Waals surface area contributed by atoms with Gasteiger partial charge in [-0.15, -0.1) is 0 Å². The topological polar surface area (TPSA) is 88.5 Å². The highest BCUT2D eigenvalue weighted by atomic mass is 16.6. The van der Waals surface area contributed by atoms with Crippen LogP contribution in [0, 0.1) is 0 Å². The molecule has 1 fully saturated rings. The first-order valence-corrected chi connectivity index (χ1v) is 10.9. The lowest BCUT2D eigenvalue weighted by Gasteiger charge is -2.40. The van der Waals surface area contributed by atoms with Gasteiger partial charge in [0.25, 0.3) is 0 Å². The molecule has 4 rings (SSSR count). The number of nitrogens with zero attached hydrogens (tertiary/aromatic N) is 3. The fourth-order valence-corrected chi connectivity index (χ4v) is 4.11. The highest BCUT2D eigenvalue weighted by Gasteiger charge is 2.35. The number of carbonyl (C=O) groups is 2. The third-order valence-electron chi connectivity index (χ3n) is 5.63. The van der Waals surface area contributed by atoms with E-state index in [0.29, 0.717) is 13.1 Å². The molecule has 1 aliphatic heterocycles. The van der Waals surface area contributed by atoms with Crippen LogP contribution in [0.15, 0.2) is 36.5 Å². The van der Waals surface area contributed by atoms with Crippen molar-refractivity contribution in [2.45, 2.75) is 64.3 Å². The number of rotatable bonds is 4. The van der Waals surface area contributed by atoms with E-state index in [0.717, 1.165) is 31.4 Å². The Kier molecular flexibility index (Phi) is 5.89. The van der Waals surface area contributed by atoms with E-state index in [2.05, 4.69) is 27.9 Å². The van der Waals surface area contributed by atoms with Gasteiger partial charge in [0, 0.05) is 24.3 Å². The zero-order valence-corrected chi connectivity index (χ0v) is 18.4. The van der Waals surface area contributed by atoms with Gasteiger partial charge in [-0.2, -0.15) is 5.10 Å². The molecule has 8 heteroatoms. The molecule has 0 bridgehead atoms. The Morgan fingerprint density at radius 3 is 2.61 bits per heavy atom. The number of amides is 3. The van der Waals surface area contributed by atoms with Crippen molar-refractivity contribution in [2.24, 2.45) is 0 Å². The Morgan fingerprint density at radius 2 is 1.90 bits per heavy atom. The molecule has 2 N–H and O–H groups in total. The molecule has 1 unspecified atom stereocenters. The fourth-order valence-electron chi connectivity index (χ4n) is 4.11. The molecular weight excluding hydrogens is 394 g/mol. The minimum absolute atomic E-state index is 0.0290. The molecule has 1 aromatic heterocycles. The van der Waals surface area contributed by atoms with Crippen molar-refractivity contribution in [3.05, 3.63) is 53.3 Å². The molecule has 2 heterocycles. The molecule has 3 amide bonds. The van der Waals surface area contributed by atoms with E-state index in [1.165, 1.54) is 11.3 Å². The maximum atomic E-state index is 12.7. The van der Waals surface area contributed by atoms with Gasteiger partial charge in [-0.3, -0.25) is 4.68 Å². The first kappa shape index (κ1) is 21.2. The Morgan fingerprint density at radius 1 is 1.16 bits per heavy atom. The van der Waals surface area contributed by atoms with Gasteiger partial charge < -0.3 is 20.3 Å². The van der Waals surface area contributed by atoms with E-state index in [9.17, 15) is 9.59 Å². The van der Waals surface area contributed by atoms with Gasteiger partial charge in [0.05, 0.1) is 24.8 Å². The van der Waals surface area contributed by atoms with Gasteiger partial charge >= 0.3 is 12.1 Å². The van der Waals surface area contributed by atoms with Crippen LogP contribution in [0.2, 0.25) is 0 Å². The summed E-state index contributed by atoms with van der Waals surface area (Å²) in [5.74, 6) is 0. The predicted molar refractivity (Wildman–Crippen MR) is 117 cm³/mol. The van der Waals surface area contributed by atoms with Crippen LogP contribution < -0.4 is 10.6 Å². The van der Waals surface area contributed by atoms with Crippen LogP contribution >= 0.6 is 0 Å². The smallest absolute Gasteiger partial charge is 0.407 e. The summed E-state index contributed by atoms with van der Waals surface area (Å²) in [5.41, 5.74) is 2.99. The number of nitrogens with one attached hydrogen (secondary N) is 2. The summed E-state index contributed by atoms with van der Waals surface area (Å²) in [4.78, 5) is 26.3. The number of ether oxygens (including phenoxy) is 1. The van der Waals surface area contributed by atoms with E-state index < -0.39 is 11.7 Å². The number of alkyl carbamates (subject to hydrolysis) is 1. The lowest BCUT2D eigenvalue weighted by molar-refractivity contribution is 0.0431.